The summed E-state index contributed by atoms with van der Waals surface area (Å²) in [6.07, 6.45) is -2.00. The molecule has 27 heavy (non-hydrogen) atoms. The van der Waals surface area contributed by atoms with Crippen molar-refractivity contribution in [1.29, 1.82) is 0 Å². The summed E-state index contributed by atoms with van der Waals surface area (Å²) in [6.45, 7) is 0.919. The molecule has 0 spiro atoms. The van der Waals surface area contributed by atoms with Crippen molar-refractivity contribution in [2.75, 3.05) is 13.1 Å². The van der Waals surface area contributed by atoms with Crippen LogP contribution < -0.4 is 0 Å². The standard InChI is InChI=1S/C18H18F3N3O3/c19-18(20,21)15-6-9-24(22-15)14-3-1-2-13(11-14)17(27)23-7-4-12(5-8-23)10-16(25)26/h1-3,6,9,11-12H,4-5,7-8,10H2,(H,25,26). The number of rotatable bonds is 4. The lowest BCUT2D eigenvalue weighted by Crippen LogP contribution is -2.38. The predicted molar refractivity (Wildman–Crippen MR) is 89.4 cm³/mol. The summed E-state index contributed by atoms with van der Waals surface area (Å²) in [6, 6.07) is 7.14. The molecule has 3 rings (SSSR count). The van der Waals surface area contributed by atoms with Crippen LogP contribution in [0.15, 0.2) is 36.5 Å². The average molecular weight is 381 g/mol. The van der Waals surface area contributed by atoms with Crippen LogP contribution in [0.25, 0.3) is 5.69 Å². The maximum atomic E-state index is 12.7. The number of carbonyl (C=O) groups excluding carboxylic acids is 1. The maximum Gasteiger partial charge on any atom is 0.435 e. The highest BCUT2D eigenvalue weighted by atomic mass is 19.4. The van der Waals surface area contributed by atoms with Gasteiger partial charge in [0.1, 0.15) is 0 Å². The third kappa shape index (κ3) is 4.47. The Morgan fingerprint density at radius 3 is 2.48 bits per heavy atom. The molecule has 1 aliphatic rings. The molecule has 0 bridgehead atoms. The van der Waals surface area contributed by atoms with Gasteiger partial charge in [0.15, 0.2) is 5.69 Å². The third-order valence-corrected chi connectivity index (χ3v) is 4.60. The van der Waals surface area contributed by atoms with Gasteiger partial charge in [0.05, 0.1) is 5.69 Å². The van der Waals surface area contributed by atoms with Gasteiger partial charge >= 0.3 is 12.1 Å². The number of alkyl halides is 3. The Hall–Kier alpha value is -2.84. The second-order valence-corrected chi connectivity index (χ2v) is 6.53. The minimum absolute atomic E-state index is 0.0581. The topological polar surface area (TPSA) is 75.4 Å². The van der Waals surface area contributed by atoms with Crippen molar-refractivity contribution >= 4 is 11.9 Å². The maximum absolute atomic E-state index is 12.7. The molecule has 1 aliphatic heterocycles. The van der Waals surface area contributed by atoms with Gasteiger partial charge < -0.3 is 10.0 Å². The van der Waals surface area contributed by atoms with E-state index in [0.29, 0.717) is 37.2 Å². The smallest absolute Gasteiger partial charge is 0.435 e. The van der Waals surface area contributed by atoms with Crippen LogP contribution in [0.5, 0.6) is 0 Å². The van der Waals surface area contributed by atoms with Gasteiger partial charge in [-0.3, -0.25) is 9.59 Å². The molecule has 6 nitrogen and oxygen atoms in total. The fourth-order valence-corrected chi connectivity index (χ4v) is 3.17. The lowest BCUT2D eigenvalue weighted by molar-refractivity contribution is -0.141. The van der Waals surface area contributed by atoms with E-state index in [1.54, 1.807) is 23.1 Å². The van der Waals surface area contributed by atoms with Gasteiger partial charge in [-0.25, -0.2) is 4.68 Å². The number of likely N-dealkylation sites (tertiary alicyclic amines) is 1. The minimum Gasteiger partial charge on any atom is -0.481 e. The highest BCUT2D eigenvalue weighted by molar-refractivity contribution is 5.94. The van der Waals surface area contributed by atoms with Crippen LogP contribution >= 0.6 is 0 Å². The number of hydrogen-bond acceptors (Lipinski definition) is 3. The fourth-order valence-electron chi connectivity index (χ4n) is 3.17. The normalized spacial score (nSPS) is 15.7. The van der Waals surface area contributed by atoms with Crippen molar-refractivity contribution in [3.63, 3.8) is 0 Å². The van der Waals surface area contributed by atoms with Gasteiger partial charge in [-0.1, -0.05) is 6.07 Å². The van der Waals surface area contributed by atoms with Crippen molar-refractivity contribution in [2.24, 2.45) is 5.92 Å². The van der Waals surface area contributed by atoms with Gasteiger partial charge in [0.2, 0.25) is 0 Å². The molecule has 0 unspecified atom stereocenters. The monoisotopic (exact) mass is 381 g/mol. The van der Waals surface area contributed by atoms with Crippen molar-refractivity contribution in [1.82, 2.24) is 14.7 Å². The Morgan fingerprint density at radius 1 is 1.19 bits per heavy atom. The molecule has 9 heteroatoms. The highest BCUT2D eigenvalue weighted by Crippen LogP contribution is 2.28. The Kier molecular flexibility index (Phi) is 5.20. The van der Waals surface area contributed by atoms with Crippen LogP contribution in [0, 0.1) is 5.92 Å². The average Bonchev–Trinajstić information content (AvgIpc) is 3.12. The van der Waals surface area contributed by atoms with Crippen LogP contribution in [0.1, 0.15) is 35.3 Å². The van der Waals surface area contributed by atoms with E-state index in [4.69, 9.17) is 5.11 Å². The lowest BCUT2D eigenvalue weighted by Gasteiger charge is -2.31. The summed E-state index contributed by atoms with van der Waals surface area (Å²) in [5.74, 6) is -1.01. The molecule has 1 N–H and O–H groups in total. The first-order valence-electron chi connectivity index (χ1n) is 8.48. The molecule has 144 valence electrons. The molecule has 0 aliphatic carbocycles. The van der Waals surface area contributed by atoms with Gasteiger partial charge in [-0.05, 0) is 43.0 Å². The largest absolute Gasteiger partial charge is 0.481 e. The van der Waals surface area contributed by atoms with Crippen LogP contribution in [0.4, 0.5) is 13.2 Å². The number of halogens is 3. The van der Waals surface area contributed by atoms with Gasteiger partial charge in [0, 0.05) is 31.3 Å². The molecular formula is C18H18F3N3O3. The number of carboxylic acids is 1. The number of carboxylic acid groups (broad SMARTS) is 1. The quantitative estimate of drug-likeness (QED) is 0.882. The number of aliphatic carboxylic acids is 1. The van der Waals surface area contributed by atoms with Gasteiger partial charge in [-0.2, -0.15) is 18.3 Å². The number of aromatic nitrogens is 2. The van der Waals surface area contributed by atoms with E-state index < -0.39 is 17.8 Å². The van der Waals surface area contributed by atoms with E-state index in [2.05, 4.69) is 5.10 Å². The van der Waals surface area contributed by atoms with E-state index in [-0.39, 0.29) is 18.2 Å². The Balaban J connectivity index is 1.71. The molecule has 1 aromatic carbocycles. The zero-order valence-electron chi connectivity index (χ0n) is 14.3. The first-order valence-corrected chi connectivity index (χ1v) is 8.48. The number of benzene rings is 1. The lowest BCUT2D eigenvalue weighted by atomic mass is 9.93. The number of hydrogen-bond donors (Lipinski definition) is 1. The Labute approximate surface area is 153 Å². The third-order valence-electron chi connectivity index (χ3n) is 4.60. The molecule has 0 radical (unpaired) electrons. The molecule has 1 fully saturated rings. The molecule has 1 saturated heterocycles. The van der Waals surface area contributed by atoms with E-state index in [0.717, 1.165) is 10.7 Å². The molecule has 0 saturated carbocycles. The number of carbonyl (C=O) groups is 2. The fraction of sp³-hybridized carbons (Fsp3) is 0.389. The Bertz CT molecular complexity index is 840. The first-order chi connectivity index (χ1) is 12.7. The summed E-state index contributed by atoms with van der Waals surface area (Å²) in [5, 5.41) is 12.4. The van der Waals surface area contributed by atoms with E-state index in [1.807, 2.05) is 0 Å². The van der Waals surface area contributed by atoms with Crippen LogP contribution in [-0.4, -0.2) is 44.8 Å². The first kappa shape index (κ1) is 18.9. The zero-order chi connectivity index (χ0) is 19.6. The molecule has 0 atom stereocenters. The summed E-state index contributed by atoms with van der Waals surface area (Å²) < 4.78 is 39.2. The van der Waals surface area contributed by atoms with E-state index >= 15 is 0 Å². The molecule has 1 aromatic heterocycles. The second-order valence-electron chi connectivity index (χ2n) is 6.53. The summed E-state index contributed by atoms with van der Waals surface area (Å²) >= 11 is 0. The number of piperidine rings is 1. The molecule has 2 aromatic rings. The predicted octanol–water partition coefficient (Wildman–Crippen LogP) is 3.22. The number of nitrogens with zero attached hydrogens (tertiary/aromatic N) is 3. The van der Waals surface area contributed by atoms with Gasteiger partial charge in [-0.15, -0.1) is 0 Å². The van der Waals surface area contributed by atoms with Crippen molar-refractivity contribution in [3.8, 4) is 5.69 Å². The highest BCUT2D eigenvalue weighted by Gasteiger charge is 2.33. The molecule has 2 heterocycles. The van der Waals surface area contributed by atoms with Crippen molar-refractivity contribution in [3.05, 3.63) is 47.8 Å². The van der Waals surface area contributed by atoms with Crippen LogP contribution in [0.3, 0.4) is 0 Å². The molecular weight excluding hydrogens is 363 g/mol. The SMILES string of the molecule is O=C(O)CC1CCN(C(=O)c2cccc(-n3ccc(C(F)(F)F)n3)c2)CC1. The summed E-state index contributed by atoms with van der Waals surface area (Å²) in [7, 11) is 0. The number of amides is 1. The van der Waals surface area contributed by atoms with E-state index in [9.17, 15) is 22.8 Å². The summed E-state index contributed by atoms with van der Waals surface area (Å²) in [5.41, 5.74) is -0.287. The Morgan fingerprint density at radius 2 is 1.89 bits per heavy atom. The van der Waals surface area contributed by atoms with Gasteiger partial charge in [0.25, 0.3) is 5.91 Å². The van der Waals surface area contributed by atoms with Crippen LogP contribution in [-0.2, 0) is 11.0 Å². The van der Waals surface area contributed by atoms with Crippen LogP contribution in [0.2, 0.25) is 0 Å². The van der Waals surface area contributed by atoms with Crippen molar-refractivity contribution < 1.29 is 27.9 Å². The van der Waals surface area contributed by atoms with Crippen molar-refractivity contribution in [2.45, 2.75) is 25.4 Å². The second kappa shape index (κ2) is 7.42. The minimum atomic E-state index is -4.53. The molecule has 1 amide bonds. The zero-order valence-corrected chi connectivity index (χ0v) is 14.3. The summed E-state index contributed by atoms with van der Waals surface area (Å²) in [4.78, 5) is 25.1. The van der Waals surface area contributed by atoms with E-state index in [1.165, 1.54) is 12.3 Å².